The van der Waals surface area contributed by atoms with E-state index in [1.807, 2.05) is 32.0 Å². The fourth-order valence-electron chi connectivity index (χ4n) is 12.8. The molecule has 10 rings (SSSR count). The topological polar surface area (TPSA) is 192 Å². The molecule has 0 radical (unpaired) electrons. The van der Waals surface area contributed by atoms with Gasteiger partial charge in [0.05, 0.1) is 53.3 Å². The van der Waals surface area contributed by atoms with Crippen LogP contribution in [0.3, 0.4) is 0 Å². The molecule has 4 aliphatic rings. The van der Waals surface area contributed by atoms with Gasteiger partial charge >= 0.3 is 12.2 Å². The summed E-state index contributed by atoms with van der Waals surface area (Å²) >= 11 is 0. The molecule has 6 atom stereocenters. The monoisotopic (exact) mass is 1090 g/mol. The number of carbonyl (C=O) groups is 4. The number of fused-ring (bicyclic) bond motifs is 2. The number of nitrogens with one attached hydrogen (secondary N) is 4. The van der Waals surface area contributed by atoms with Crippen LogP contribution in [0.4, 0.5) is 38.5 Å². The maximum Gasteiger partial charge on any atom is 0.407 e. The minimum atomic E-state index is -1.31. The Labute approximate surface area is 456 Å². The number of aromatic amines is 2. The normalized spacial score (nSPS) is 20.7. The van der Waals surface area contributed by atoms with Gasteiger partial charge in [0, 0.05) is 55.1 Å². The van der Waals surface area contributed by atoms with Gasteiger partial charge in [-0.15, -0.1) is 0 Å². The van der Waals surface area contributed by atoms with Crippen LogP contribution in [0.25, 0.3) is 22.1 Å². The lowest BCUT2D eigenvalue weighted by Crippen LogP contribution is -2.51. The van der Waals surface area contributed by atoms with E-state index in [0.29, 0.717) is 86.0 Å². The van der Waals surface area contributed by atoms with E-state index in [-0.39, 0.29) is 64.5 Å². The van der Waals surface area contributed by atoms with Crippen molar-refractivity contribution in [3.05, 3.63) is 118 Å². The number of anilines is 2. The molecule has 0 aliphatic carbocycles. The molecule has 4 fully saturated rings. The number of ether oxygens (including phenoxy) is 1. The minimum absolute atomic E-state index is 0.104. The van der Waals surface area contributed by atoms with Crippen LogP contribution in [-0.4, -0.2) is 104 Å². The van der Waals surface area contributed by atoms with Crippen LogP contribution < -0.4 is 20.4 Å². The standard InChI is InChI=1S/C59H70F4N10O6/c1-32(2)51(68-58(76)77)56(74)71-22-10-16-49(71)54-64-43-28-37(39(60)30-45(43)66-54)47-18-19-48(73(47)36-26-41(62)53(42(63)27-36)70-24-20-35(21-25-70)15-9-14-34-12-7-6-8-13-34)38-29-44-46(31-40(38)61)67-55(65-44)50-17-11-23-72(50)57(75)52(33(3)4)69-59(78)79-5/h6-8,12-13,26-33,35,47-52,68H,9-11,14-25H2,1-5H3,(H,64,66)(H,65,67)(H,69,78)(H,76,77)/t47-,48-,49+,50+,51+,52+/m1/s1. The smallest absolute Gasteiger partial charge is 0.407 e. The van der Waals surface area contributed by atoms with Crippen LogP contribution in [0.15, 0.2) is 66.7 Å². The Morgan fingerprint density at radius 2 is 1.16 bits per heavy atom. The zero-order valence-electron chi connectivity index (χ0n) is 45.3. The number of halogens is 4. The van der Waals surface area contributed by atoms with Crippen LogP contribution in [0, 0.1) is 41.0 Å². The number of amides is 4. The lowest BCUT2D eigenvalue weighted by molar-refractivity contribution is -0.136. The van der Waals surface area contributed by atoms with E-state index in [1.165, 1.54) is 36.9 Å². The number of H-pyrrole nitrogens is 2. The number of carboxylic acid groups (broad SMARTS) is 1. The number of alkyl carbamates (subject to hydrolysis) is 1. The van der Waals surface area contributed by atoms with Crippen molar-refractivity contribution >= 4 is 57.4 Å². The molecule has 4 aromatic carbocycles. The number of rotatable bonds is 16. The van der Waals surface area contributed by atoms with E-state index in [0.717, 1.165) is 32.1 Å². The molecule has 0 unspecified atom stereocenters. The SMILES string of the molecule is COC(=O)N[C@H](C(=O)N1CCC[C@H]1c1nc2cc(F)c([C@H]3CC[C@H](c4cc5[nH]c([C@@H]6CCCN6C(=O)[C@@H](NC(=O)O)C(C)C)nc5cc4F)N3c3cc(F)c(N4CCC(CCCc5ccccc5)CC4)c(F)c3)cc2[nH]1)C(C)C. The third-order valence-electron chi connectivity index (χ3n) is 16.8. The largest absolute Gasteiger partial charge is 0.465 e. The Hall–Kier alpha value is -7.38. The summed E-state index contributed by atoms with van der Waals surface area (Å²) < 4.78 is 72.5. The van der Waals surface area contributed by atoms with Gasteiger partial charge in [0.1, 0.15) is 41.1 Å². The number of aromatic nitrogens is 4. The van der Waals surface area contributed by atoms with E-state index in [1.54, 1.807) is 45.6 Å². The molecule has 6 heterocycles. The van der Waals surface area contributed by atoms with Gasteiger partial charge in [-0.2, -0.15) is 0 Å². The van der Waals surface area contributed by atoms with Crippen molar-refractivity contribution in [2.45, 2.75) is 135 Å². The number of methoxy groups -OCH3 is 1. The molecule has 6 aromatic rings. The fraction of sp³-hybridized carbons (Fsp3) is 0.492. The van der Waals surface area contributed by atoms with Crippen molar-refractivity contribution in [1.82, 2.24) is 40.4 Å². The summed E-state index contributed by atoms with van der Waals surface area (Å²) in [5.74, 6) is -2.83. The molecule has 0 spiro atoms. The summed E-state index contributed by atoms with van der Waals surface area (Å²) in [6.45, 7) is 8.91. The lowest BCUT2D eigenvalue weighted by atomic mass is 9.90. The number of aryl methyl sites for hydroxylation is 1. The highest BCUT2D eigenvalue weighted by Crippen LogP contribution is 2.50. The second-order valence-electron chi connectivity index (χ2n) is 22.5. The van der Waals surface area contributed by atoms with Crippen LogP contribution in [0.2, 0.25) is 0 Å². The van der Waals surface area contributed by atoms with Crippen molar-refractivity contribution < 1.29 is 46.6 Å². The van der Waals surface area contributed by atoms with E-state index >= 15 is 17.6 Å². The number of benzene rings is 4. The number of piperidine rings is 1. The minimum Gasteiger partial charge on any atom is -0.465 e. The van der Waals surface area contributed by atoms with Crippen molar-refractivity contribution in [2.75, 3.05) is 43.1 Å². The van der Waals surface area contributed by atoms with Gasteiger partial charge in [0.15, 0.2) is 11.6 Å². The highest BCUT2D eigenvalue weighted by molar-refractivity contribution is 5.87. The predicted octanol–water partition coefficient (Wildman–Crippen LogP) is 11.3. The van der Waals surface area contributed by atoms with Crippen LogP contribution in [-0.2, 0) is 20.7 Å². The van der Waals surface area contributed by atoms with Crippen molar-refractivity contribution in [3.63, 3.8) is 0 Å². The maximum atomic E-state index is 17.0. The first-order valence-corrected chi connectivity index (χ1v) is 27.9. The summed E-state index contributed by atoms with van der Waals surface area (Å²) in [4.78, 5) is 74.6. The molecule has 420 valence electrons. The summed E-state index contributed by atoms with van der Waals surface area (Å²) in [5, 5.41) is 14.5. The molecular weight excluding hydrogens is 1020 g/mol. The quantitative estimate of drug-likeness (QED) is 0.0583. The second kappa shape index (κ2) is 23.1. The Morgan fingerprint density at radius 3 is 1.65 bits per heavy atom. The molecular formula is C59H70F4N10O6. The zero-order valence-corrected chi connectivity index (χ0v) is 45.3. The Bertz CT molecular complexity index is 3190. The lowest BCUT2D eigenvalue weighted by Gasteiger charge is -2.36. The highest BCUT2D eigenvalue weighted by Gasteiger charge is 2.42. The highest BCUT2D eigenvalue weighted by atomic mass is 19.1. The van der Waals surface area contributed by atoms with Crippen LogP contribution in [0.5, 0.6) is 0 Å². The first kappa shape index (κ1) is 55.0. The molecule has 4 saturated heterocycles. The average Bonchev–Trinajstić information content (AvgIpc) is 4.34. The number of hydrogen-bond acceptors (Lipinski definition) is 9. The molecule has 2 aromatic heterocycles. The molecule has 20 heteroatoms. The Kier molecular flexibility index (Phi) is 16.1. The van der Waals surface area contributed by atoms with Gasteiger partial charge < -0.3 is 50.0 Å². The number of hydrogen-bond donors (Lipinski definition) is 5. The first-order chi connectivity index (χ1) is 38.0. The van der Waals surface area contributed by atoms with E-state index in [2.05, 4.69) is 32.7 Å². The third kappa shape index (κ3) is 11.3. The van der Waals surface area contributed by atoms with E-state index in [9.17, 15) is 24.3 Å². The van der Waals surface area contributed by atoms with Gasteiger partial charge in [-0.1, -0.05) is 58.0 Å². The second-order valence-corrected chi connectivity index (χ2v) is 22.5. The Balaban J connectivity index is 0.969. The van der Waals surface area contributed by atoms with Crippen LogP contribution >= 0.6 is 0 Å². The van der Waals surface area contributed by atoms with Gasteiger partial charge in [0.25, 0.3) is 0 Å². The van der Waals surface area contributed by atoms with Crippen molar-refractivity contribution in [2.24, 2.45) is 17.8 Å². The third-order valence-corrected chi connectivity index (χ3v) is 16.8. The Morgan fingerprint density at radius 1 is 0.658 bits per heavy atom. The van der Waals surface area contributed by atoms with Crippen molar-refractivity contribution in [1.29, 1.82) is 0 Å². The molecule has 5 N–H and O–H groups in total. The van der Waals surface area contributed by atoms with E-state index < -0.39 is 71.7 Å². The van der Waals surface area contributed by atoms with Gasteiger partial charge in [0.2, 0.25) is 11.8 Å². The summed E-state index contributed by atoms with van der Waals surface area (Å²) in [7, 11) is 1.23. The number of carbonyl (C=O) groups excluding carboxylic acids is 3. The summed E-state index contributed by atoms with van der Waals surface area (Å²) in [5.41, 5.74) is 3.15. The maximum absolute atomic E-state index is 17.0. The van der Waals surface area contributed by atoms with Crippen molar-refractivity contribution in [3.8, 4) is 0 Å². The molecule has 0 bridgehead atoms. The average molecular weight is 1090 g/mol. The van der Waals surface area contributed by atoms with Gasteiger partial charge in [-0.05, 0) is 118 Å². The first-order valence-electron chi connectivity index (χ1n) is 27.9. The summed E-state index contributed by atoms with van der Waals surface area (Å²) in [6, 6.07) is 14.1. The van der Waals surface area contributed by atoms with Crippen LogP contribution in [0.1, 0.15) is 144 Å². The number of imidazole rings is 2. The predicted molar refractivity (Wildman–Crippen MR) is 291 cm³/mol. The van der Waals surface area contributed by atoms with Gasteiger partial charge in [-0.3, -0.25) is 9.59 Å². The molecule has 0 saturated carbocycles. The molecule has 4 amide bonds. The number of likely N-dealkylation sites (tertiary alicyclic amines) is 2. The molecule has 79 heavy (non-hydrogen) atoms. The number of nitrogens with zero attached hydrogens (tertiary/aromatic N) is 6. The molecule has 4 aliphatic heterocycles. The zero-order chi connectivity index (χ0) is 55.8. The summed E-state index contributed by atoms with van der Waals surface area (Å²) in [6.07, 6.45) is 5.48. The fourth-order valence-corrected chi connectivity index (χ4v) is 12.8. The van der Waals surface area contributed by atoms with Gasteiger partial charge in [-0.25, -0.2) is 37.1 Å². The molecule has 16 nitrogen and oxygen atoms in total. The van der Waals surface area contributed by atoms with E-state index in [4.69, 9.17) is 14.7 Å².